The highest BCUT2D eigenvalue weighted by atomic mass is 79.9. The van der Waals surface area contributed by atoms with Crippen LogP contribution in [0.25, 0.3) is 0 Å². The normalized spacial score (nSPS) is 12.5. The summed E-state index contributed by atoms with van der Waals surface area (Å²) in [5, 5.41) is 17.5. The number of aliphatic hydroxyl groups is 2. The third kappa shape index (κ3) is 3.76. The van der Waals surface area contributed by atoms with Crippen LogP contribution < -0.4 is 4.74 Å². The van der Waals surface area contributed by atoms with Crippen molar-refractivity contribution >= 4 is 15.9 Å². The summed E-state index contributed by atoms with van der Waals surface area (Å²) in [7, 11) is 0. The van der Waals surface area contributed by atoms with Crippen LogP contribution in [0.1, 0.15) is 0 Å². The number of benzene rings is 1. The van der Waals surface area contributed by atoms with Gasteiger partial charge in [-0.15, -0.1) is 0 Å². The second-order valence-electron chi connectivity index (χ2n) is 2.60. The van der Waals surface area contributed by atoms with Crippen molar-refractivity contribution in [1.82, 2.24) is 0 Å². The molecule has 72 valence electrons. The SMILES string of the molecule is OC[C@@H](O)COc1ccc(Br)cc1. The molecule has 0 fully saturated rings. The first-order valence-electron chi connectivity index (χ1n) is 3.89. The highest BCUT2D eigenvalue weighted by Crippen LogP contribution is 2.15. The standard InChI is InChI=1S/C9H11BrO3/c10-7-1-3-9(4-2-7)13-6-8(12)5-11/h1-4,8,11-12H,5-6H2/t8-/m1/s1. The van der Waals surface area contributed by atoms with Crippen molar-refractivity contribution < 1.29 is 14.9 Å². The van der Waals surface area contributed by atoms with Gasteiger partial charge in [0.05, 0.1) is 6.61 Å². The zero-order chi connectivity index (χ0) is 9.68. The Kier molecular flexibility index (Phi) is 4.21. The Morgan fingerprint density at radius 2 is 1.92 bits per heavy atom. The predicted molar refractivity (Wildman–Crippen MR) is 52.7 cm³/mol. The molecular weight excluding hydrogens is 236 g/mol. The van der Waals surface area contributed by atoms with E-state index in [0.29, 0.717) is 5.75 Å². The fourth-order valence-corrected chi connectivity index (χ4v) is 1.04. The summed E-state index contributed by atoms with van der Waals surface area (Å²) in [4.78, 5) is 0. The first-order chi connectivity index (χ1) is 6.22. The number of aliphatic hydroxyl groups excluding tert-OH is 2. The van der Waals surface area contributed by atoms with Crippen LogP contribution in [0.5, 0.6) is 5.75 Å². The summed E-state index contributed by atoms with van der Waals surface area (Å²) >= 11 is 3.29. The average molecular weight is 247 g/mol. The average Bonchev–Trinajstić information content (AvgIpc) is 2.16. The Hall–Kier alpha value is -0.580. The summed E-state index contributed by atoms with van der Waals surface area (Å²) < 4.78 is 6.16. The van der Waals surface area contributed by atoms with Gasteiger partial charge in [0.1, 0.15) is 18.5 Å². The Labute approximate surface area is 85.1 Å². The maximum absolute atomic E-state index is 8.99. The lowest BCUT2D eigenvalue weighted by molar-refractivity contribution is 0.0536. The second kappa shape index (κ2) is 5.21. The molecule has 1 rings (SSSR count). The molecule has 0 aliphatic carbocycles. The molecule has 3 nitrogen and oxygen atoms in total. The van der Waals surface area contributed by atoms with E-state index >= 15 is 0 Å². The summed E-state index contributed by atoms with van der Waals surface area (Å²) in [6.45, 7) is -0.172. The predicted octanol–water partition coefficient (Wildman–Crippen LogP) is 1.18. The van der Waals surface area contributed by atoms with Gasteiger partial charge in [-0.1, -0.05) is 15.9 Å². The molecule has 0 aliphatic rings. The minimum atomic E-state index is -0.816. The van der Waals surface area contributed by atoms with E-state index in [0.717, 1.165) is 4.47 Å². The van der Waals surface area contributed by atoms with Crippen LogP contribution in [-0.2, 0) is 0 Å². The third-order valence-corrected chi connectivity index (χ3v) is 2.00. The summed E-state index contributed by atoms with van der Waals surface area (Å²) in [6.07, 6.45) is -0.816. The fraction of sp³-hybridized carbons (Fsp3) is 0.333. The Morgan fingerprint density at radius 3 is 2.46 bits per heavy atom. The largest absolute Gasteiger partial charge is 0.491 e. The maximum Gasteiger partial charge on any atom is 0.119 e. The third-order valence-electron chi connectivity index (χ3n) is 1.47. The Balaban J connectivity index is 2.41. The maximum atomic E-state index is 8.99. The van der Waals surface area contributed by atoms with Gasteiger partial charge in [0.15, 0.2) is 0 Å². The lowest BCUT2D eigenvalue weighted by Gasteiger charge is -2.09. The molecule has 0 radical (unpaired) electrons. The van der Waals surface area contributed by atoms with Crippen molar-refractivity contribution in [2.45, 2.75) is 6.10 Å². The van der Waals surface area contributed by atoms with Crippen molar-refractivity contribution in [2.75, 3.05) is 13.2 Å². The molecule has 0 aromatic heterocycles. The molecule has 1 aromatic rings. The smallest absolute Gasteiger partial charge is 0.119 e. The van der Waals surface area contributed by atoms with Crippen LogP contribution in [0, 0.1) is 0 Å². The van der Waals surface area contributed by atoms with E-state index in [1.54, 1.807) is 12.1 Å². The van der Waals surface area contributed by atoms with E-state index in [1.165, 1.54) is 0 Å². The lowest BCUT2D eigenvalue weighted by atomic mass is 10.3. The number of rotatable bonds is 4. The van der Waals surface area contributed by atoms with Gasteiger partial charge < -0.3 is 14.9 Å². The molecule has 4 heteroatoms. The monoisotopic (exact) mass is 246 g/mol. The topological polar surface area (TPSA) is 49.7 Å². The van der Waals surface area contributed by atoms with Gasteiger partial charge in [-0.25, -0.2) is 0 Å². The molecule has 0 unspecified atom stereocenters. The molecule has 1 aromatic carbocycles. The highest BCUT2D eigenvalue weighted by Gasteiger charge is 2.02. The summed E-state index contributed by atoms with van der Waals surface area (Å²) in [6, 6.07) is 7.27. The van der Waals surface area contributed by atoms with Gasteiger partial charge in [-0.3, -0.25) is 0 Å². The second-order valence-corrected chi connectivity index (χ2v) is 3.52. The first kappa shape index (κ1) is 10.5. The van der Waals surface area contributed by atoms with E-state index < -0.39 is 6.10 Å². The molecule has 0 aliphatic heterocycles. The summed E-state index contributed by atoms with van der Waals surface area (Å²) in [5.41, 5.74) is 0. The van der Waals surface area contributed by atoms with Gasteiger partial charge in [-0.2, -0.15) is 0 Å². The van der Waals surface area contributed by atoms with E-state index in [-0.39, 0.29) is 13.2 Å². The van der Waals surface area contributed by atoms with Crippen LogP contribution in [0.15, 0.2) is 28.7 Å². The molecule has 2 N–H and O–H groups in total. The van der Waals surface area contributed by atoms with Gasteiger partial charge in [-0.05, 0) is 24.3 Å². The van der Waals surface area contributed by atoms with Crippen molar-refractivity contribution in [3.8, 4) is 5.75 Å². The fourth-order valence-electron chi connectivity index (χ4n) is 0.776. The van der Waals surface area contributed by atoms with Crippen molar-refractivity contribution in [1.29, 1.82) is 0 Å². The Morgan fingerprint density at radius 1 is 1.31 bits per heavy atom. The number of halogens is 1. The minimum Gasteiger partial charge on any atom is -0.491 e. The molecule has 0 saturated heterocycles. The molecule has 0 saturated carbocycles. The molecule has 13 heavy (non-hydrogen) atoms. The van der Waals surface area contributed by atoms with Crippen LogP contribution in [0.3, 0.4) is 0 Å². The van der Waals surface area contributed by atoms with Crippen LogP contribution in [0.4, 0.5) is 0 Å². The molecule has 1 atom stereocenters. The highest BCUT2D eigenvalue weighted by molar-refractivity contribution is 9.10. The van der Waals surface area contributed by atoms with Crippen molar-refractivity contribution in [3.05, 3.63) is 28.7 Å². The zero-order valence-electron chi connectivity index (χ0n) is 6.98. The quantitative estimate of drug-likeness (QED) is 0.839. The molecule has 0 spiro atoms. The minimum absolute atomic E-state index is 0.109. The lowest BCUT2D eigenvalue weighted by Crippen LogP contribution is -2.21. The molecule has 0 heterocycles. The molecule has 0 amide bonds. The van der Waals surface area contributed by atoms with Gasteiger partial charge in [0, 0.05) is 4.47 Å². The van der Waals surface area contributed by atoms with Gasteiger partial charge in [0.2, 0.25) is 0 Å². The van der Waals surface area contributed by atoms with Gasteiger partial charge in [0.25, 0.3) is 0 Å². The Bertz CT molecular complexity index is 248. The first-order valence-corrected chi connectivity index (χ1v) is 4.69. The number of hydrogen-bond acceptors (Lipinski definition) is 3. The van der Waals surface area contributed by atoms with E-state index in [4.69, 9.17) is 14.9 Å². The zero-order valence-corrected chi connectivity index (χ0v) is 8.57. The van der Waals surface area contributed by atoms with Gasteiger partial charge >= 0.3 is 0 Å². The van der Waals surface area contributed by atoms with Crippen LogP contribution >= 0.6 is 15.9 Å². The molecule has 0 bridgehead atoms. The van der Waals surface area contributed by atoms with Crippen LogP contribution in [0.2, 0.25) is 0 Å². The van der Waals surface area contributed by atoms with Crippen molar-refractivity contribution in [3.63, 3.8) is 0 Å². The van der Waals surface area contributed by atoms with E-state index in [9.17, 15) is 0 Å². The van der Waals surface area contributed by atoms with Crippen molar-refractivity contribution in [2.24, 2.45) is 0 Å². The summed E-state index contributed by atoms with van der Waals surface area (Å²) in [5.74, 6) is 0.677. The molecular formula is C9H11BrO3. The van der Waals surface area contributed by atoms with E-state index in [1.807, 2.05) is 12.1 Å². The number of hydrogen-bond donors (Lipinski definition) is 2. The number of ether oxygens (including phenoxy) is 1. The van der Waals surface area contributed by atoms with Crippen LogP contribution in [-0.4, -0.2) is 29.5 Å². The van der Waals surface area contributed by atoms with E-state index in [2.05, 4.69) is 15.9 Å².